The lowest BCUT2D eigenvalue weighted by Gasteiger charge is -2.33. The Morgan fingerprint density at radius 1 is 1.42 bits per heavy atom. The van der Waals surface area contributed by atoms with Crippen molar-refractivity contribution < 1.29 is 4.79 Å². The number of nitrogens with zero attached hydrogens (tertiary/aromatic N) is 3. The van der Waals surface area contributed by atoms with Gasteiger partial charge in [0.25, 0.3) is 0 Å². The van der Waals surface area contributed by atoms with E-state index in [-0.39, 0.29) is 30.0 Å². The molecule has 2 heterocycles. The Morgan fingerprint density at radius 3 is 2.92 bits per heavy atom. The van der Waals surface area contributed by atoms with Crippen molar-refractivity contribution in [3.05, 3.63) is 23.9 Å². The summed E-state index contributed by atoms with van der Waals surface area (Å²) in [5.41, 5.74) is 13.7. The molecule has 26 heavy (non-hydrogen) atoms. The molecular formula is C18H23N7O. The third kappa shape index (κ3) is 3.47. The highest BCUT2D eigenvalue weighted by Crippen LogP contribution is 2.33. The molecule has 1 saturated carbocycles. The second-order valence-electron chi connectivity index (χ2n) is 6.78. The fourth-order valence-electron chi connectivity index (χ4n) is 3.72. The molecule has 0 saturated heterocycles. The smallest absolute Gasteiger partial charge is 0.147 e. The van der Waals surface area contributed by atoms with Crippen LogP contribution in [-0.4, -0.2) is 27.3 Å². The normalized spacial score (nSPS) is 19.8. The molecule has 2 aromatic rings. The van der Waals surface area contributed by atoms with Gasteiger partial charge in [0, 0.05) is 12.5 Å². The zero-order chi connectivity index (χ0) is 18.7. The van der Waals surface area contributed by atoms with Crippen molar-refractivity contribution in [3.8, 4) is 6.07 Å². The molecule has 6 N–H and O–H groups in total. The van der Waals surface area contributed by atoms with E-state index in [1.54, 1.807) is 10.6 Å². The van der Waals surface area contributed by atoms with Crippen LogP contribution in [0.4, 0.5) is 11.5 Å². The summed E-state index contributed by atoms with van der Waals surface area (Å²) in [5, 5.41) is 24.4. The van der Waals surface area contributed by atoms with E-state index in [1.807, 2.05) is 12.1 Å². The van der Waals surface area contributed by atoms with Gasteiger partial charge >= 0.3 is 0 Å². The van der Waals surface area contributed by atoms with E-state index in [9.17, 15) is 4.79 Å². The van der Waals surface area contributed by atoms with Crippen LogP contribution in [-0.2, 0) is 4.79 Å². The Labute approximate surface area is 151 Å². The third-order valence-corrected chi connectivity index (χ3v) is 5.01. The van der Waals surface area contributed by atoms with Crippen molar-refractivity contribution in [3.63, 3.8) is 0 Å². The second kappa shape index (κ2) is 7.44. The highest BCUT2D eigenvalue weighted by atomic mass is 16.1. The predicted octanol–water partition coefficient (Wildman–Crippen LogP) is 2.04. The van der Waals surface area contributed by atoms with Gasteiger partial charge in [-0.2, -0.15) is 10.4 Å². The SMILES string of the molecule is N#CCC(=O)C[C@H]1CCCC[C@@H]1Nc1c(C(=N)N)cnn2c(N)ccc12. The van der Waals surface area contributed by atoms with Crippen LogP contribution in [0.15, 0.2) is 18.3 Å². The first-order valence-electron chi connectivity index (χ1n) is 8.77. The number of hydrogen-bond donors (Lipinski definition) is 4. The van der Waals surface area contributed by atoms with Crippen LogP contribution in [0.25, 0.3) is 5.52 Å². The van der Waals surface area contributed by atoms with Crippen LogP contribution < -0.4 is 16.8 Å². The minimum atomic E-state index is -0.0739. The monoisotopic (exact) mass is 353 g/mol. The van der Waals surface area contributed by atoms with Crippen molar-refractivity contribution in [2.75, 3.05) is 11.1 Å². The van der Waals surface area contributed by atoms with E-state index < -0.39 is 0 Å². The van der Waals surface area contributed by atoms with E-state index in [2.05, 4.69) is 10.4 Å². The Balaban J connectivity index is 1.93. The topological polar surface area (TPSA) is 146 Å². The standard InChI is InChI=1S/C18H23N7O/c19-8-7-12(26)9-11-3-1-2-4-14(11)24-17-13(18(21)22)10-23-25-15(17)5-6-16(25)20/h5-6,10-11,14,24H,1-4,7,9,20H2,(H3,21,22)/t11-,14+/m1/s1. The summed E-state index contributed by atoms with van der Waals surface area (Å²) in [6.07, 6.45) is 5.89. The molecule has 1 aliphatic carbocycles. The van der Waals surface area contributed by atoms with Crippen LogP contribution in [0.3, 0.4) is 0 Å². The number of hydrogen-bond acceptors (Lipinski definition) is 6. The van der Waals surface area contributed by atoms with Gasteiger partial charge in [-0.25, -0.2) is 4.52 Å². The maximum absolute atomic E-state index is 12.0. The van der Waals surface area contributed by atoms with Gasteiger partial charge in [0.05, 0.1) is 35.5 Å². The van der Waals surface area contributed by atoms with Crippen LogP contribution >= 0.6 is 0 Å². The molecule has 1 fully saturated rings. The summed E-state index contributed by atoms with van der Waals surface area (Å²) in [7, 11) is 0. The lowest BCUT2D eigenvalue weighted by Crippen LogP contribution is -2.34. The van der Waals surface area contributed by atoms with Gasteiger partial charge in [-0.3, -0.25) is 10.2 Å². The first-order chi connectivity index (χ1) is 12.5. The van der Waals surface area contributed by atoms with E-state index >= 15 is 0 Å². The van der Waals surface area contributed by atoms with Crippen molar-refractivity contribution in [2.45, 2.75) is 44.6 Å². The van der Waals surface area contributed by atoms with Crippen LogP contribution in [0.2, 0.25) is 0 Å². The first-order valence-corrected chi connectivity index (χ1v) is 8.77. The average Bonchev–Trinajstić information content (AvgIpc) is 2.98. The van der Waals surface area contributed by atoms with Crippen LogP contribution in [0.1, 0.15) is 44.1 Å². The maximum atomic E-state index is 12.0. The Morgan fingerprint density at radius 2 is 2.19 bits per heavy atom. The zero-order valence-corrected chi connectivity index (χ0v) is 14.5. The molecule has 8 nitrogen and oxygen atoms in total. The van der Waals surface area contributed by atoms with E-state index in [4.69, 9.17) is 22.1 Å². The number of nitriles is 1. The Bertz CT molecular complexity index is 880. The first kappa shape index (κ1) is 17.7. The van der Waals surface area contributed by atoms with Crippen molar-refractivity contribution in [2.24, 2.45) is 11.7 Å². The number of nitrogens with one attached hydrogen (secondary N) is 2. The summed E-state index contributed by atoms with van der Waals surface area (Å²) < 4.78 is 1.60. The molecule has 0 spiro atoms. The second-order valence-corrected chi connectivity index (χ2v) is 6.78. The lowest BCUT2D eigenvalue weighted by molar-refractivity contribution is -0.119. The molecule has 0 aromatic carbocycles. The predicted molar refractivity (Wildman–Crippen MR) is 99.8 cm³/mol. The number of amidine groups is 1. The highest BCUT2D eigenvalue weighted by Gasteiger charge is 2.28. The number of anilines is 2. The van der Waals surface area contributed by atoms with Gasteiger partial charge in [-0.15, -0.1) is 0 Å². The van der Waals surface area contributed by atoms with Crippen LogP contribution in [0.5, 0.6) is 0 Å². The summed E-state index contributed by atoms with van der Waals surface area (Å²) in [6, 6.07) is 5.61. The number of fused-ring (bicyclic) bond motifs is 1. The fourth-order valence-corrected chi connectivity index (χ4v) is 3.72. The summed E-state index contributed by atoms with van der Waals surface area (Å²) in [4.78, 5) is 12.0. The molecule has 136 valence electrons. The summed E-state index contributed by atoms with van der Waals surface area (Å²) >= 11 is 0. The maximum Gasteiger partial charge on any atom is 0.147 e. The third-order valence-electron chi connectivity index (χ3n) is 5.01. The lowest BCUT2D eigenvalue weighted by atomic mass is 9.81. The molecule has 0 aliphatic heterocycles. The van der Waals surface area contributed by atoms with Gasteiger partial charge in [-0.1, -0.05) is 12.8 Å². The molecule has 2 atom stereocenters. The number of Topliss-reactive ketones (excluding diaryl/α,β-unsaturated/α-hetero) is 1. The summed E-state index contributed by atoms with van der Waals surface area (Å²) in [5.74, 6) is 0.562. The number of rotatable bonds is 6. The fraction of sp³-hybridized carbons (Fsp3) is 0.444. The molecule has 0 amide bonds. The summed E-state index contributed by atoms with van der Waals surface area (Å²) in [6.45, 7) is 0. The van der Waals surface area contributed by atoms with Gasteiger partial charge in [0.2, 0.25) is 0 Å². The quantitative estimate of drug-likeness (QED) is 0.462. The molecule has 0 bridgehead atoms. The van der Waals surface area contributed by atoms with Gasteiger partial charge in [-0.05, 0) is 30.9 Å². The number of carbonyl (C=O) groups excluding carboxylic acids is 1. The van der Waals surface area contributed by atoms with E-state index in [0.717, 1.165) is 31.2 Å². The van der Waals surface area contributed by atoms with Gasteiger partial charge < -0.3 is 16.8 Å². The number of nitrogen functional groups attached to an aromatic ring is 2. The Hall–Kier alpha value is -3.08. The van der Waals surface area contributed by atoms with Crippen molar-refractivity contribution in [1.82, 2.24) is 9.61 Å². The molecule has 0 radical (unpaired) electrons. The molecular weight excluding hydrogens is 330 g/mol. The van der Waals surface area contributed by atoms with Crippen molar-refractivity contribution in [1.29, 1.82) is 10.7 Å². The minimum Gasteiger partial charge on any atom is -0.384 e. The largest absolute Gasteiger partial charge is 0.384 e. The van der Waals surface area contributed by atoms with E-state index in [1.165, 1.54) is 6.20 Å². The molecule has 0 unspecified atom stereocenters. The minimum absolute atomic E-state index is 0.0233. The number of carbonyl (C=O) groups is 1. The molecule has 3 rings (SSSR count). The number of ketones is 1. The van der Waals surface area contributed by atoms with Gasteiger partial charge in [0.15, 0.2) is 0 Å². The average molecular weight is 353 g/mol. The zero-order valence-electron chi connectivity index (χ0n) is 14.5. The van der Waals surface area contributed by atoms with E-state index in [0.29, 0.717) is 23.5 Å². The van der Waals surface area contributed by atoms with Gasteiger partial charge in [0.1, 0.15) is 17.4 Å². The molecule has 2 aromatic heterocycles. The number of aromatic nitrogens is 2. The Kier molecular flexibility index (Phi) is 5.07. The highest BCUT2D eigenvalue weighted by molar-refractivity contribution is 6.03. The number of nitrogens with two attached hydrogens (primary N) is 2. The van der Waals surface area contributed by atoms with Crippen molar-refractivity contribution >= 4 is 28.6 Å². The van der Waals surface area contributed by atoms with Crippen LogP contribution in [0, 0.1) is 22.7 Å². The molecule has 8 heteroatoms. The molecule has 1 aliphatic rings.